The standard InChI is InChI=1S/C61H63N/c1-57(2)33-34-59(5,6)54-37-43(29-32-51(54)57)40-27-30-45(31-28-40)62(44-17-12-11-13-18-44)55-39-53-49(47-19-14-15-21-50(47)61(53,9)10)38-48(55)42-25-23-41(24-26-42)46-20-16-22-52-56(46)60(7,8)36-35-58(52,3)4/h11-32,37-39H,33-36H2,1-10H3. The molecule has 0 unspecified atom stereocenters. The summed E-state index contributed by atoms with van der Waals surface area (Å²) in [5.41, 5.74) is 23.1. The van der Waals surface area contributed by atoms with Crippen LogP contribution in [-0.2, 0) is 27.1 Å². The maximum Gasteiger partial charge on any atom is 0.0543 e. The van der Waals surface area contributed by atoms with E-state index in [0.29, 0.717) is 0 Å². The minimum atomic E-state index is -0.142. The fraction of sp³-hybridized carbons (Fsp3) is 0.311. The van der Waals surface area contributed by atoms with Crippen molar-refractivity contribution >= 4 is 17.1 Å². The van der Waals surface area contributed by atoms with Crippen molar-refractivity contribution in [1.29, 1.82) is 0 Å². The van der Waals surface area contributed by atoms with Gasteiger partial charge >= 0.3 is 0 Å². The number of rotatable bonds is 6. The zero-order chi connectivity index (χ0) is 43.4. The lowest BCUT2D eigenvalue weighted by Gasteiger charge is -2.43. The van der Waals surface area contributed by atoms with E-state index in [1.165, 1.54) is 109 Å². The number of nitrogens with zero attached hydrogens (tertiary/aromatic N) is 1. The summed E-state index contributed by atoms with van der Waals surface area (Å²) < 4.78 is 0. The van der Waals surface area contributed by atoms with Crippen molar-refractivity contribution in [2.24, 2.45) is 0 Å². The molecule has 62 heavy (non-hydrogen) atoms. The molecule has 312 valence electrons. The van der Waals surface area contributed by atoms with Crippen LogP contribution in [-0.4, -0.2) is 0 Å². The van der Waals surface area contributed by atoms with E-state index in [1.807, 2.05) is 0 Å². The Kier molecular flexibility index (Phi) is 9.24. The van der Waals surface area contributed by atoms with E-state index in [-0.39, 0.29) is 27.1 Å². The van der Waals surface area contributed by atoms with Crippen LogP contribution >= 0.6 is 0 Å². The first-order chi connectivity index (χ1) is 29.5. The Balaban J connectivity index is 1.13. The van der Waals surface area contributed by atoms with Crippen molar-refractivity contribution < 1.29 is 0 Å². The quantitative estimate of drug-likeness (QED) is 0.162. The van der Waals surface area contributed by atoms with E-state index in [9.17, 15) is 0 Å². The van der Waals surface area contributed by atoms with Gasteiger partial charge in [-0.3, -0.25) is 0 Å². The second kappa shape index (κ2) is 14.2. The maximum absolute atomic E-state index is 2.50. The molecule has 7 aromatic carbocycles. The van der Waals surface area contributed by atoms with Crippen LogP contribution in [0.5, 0.6) is 0 Å². The van der Waals surface area contributed by atoms with E-state index < -0.39 is 0 Å². The van der Waals surface area contributed by atoms with Gasteiger partial charge in [-0.1, -0.05) is 184 Å². The molecule has 0 bridgehead atoms. The van der Waals surface area contributed by atoms with E-state index in [2.05, 4.69) is 226 Å². The highest BCUT2D eigenvalue weighted by Gasteiger charge is 2.40. The molecule has 0 fully saturated rings. The molecule has 1 heteroatoms. The fourth-order valence-electron chi connectivity index (χ4n) is 11.5. The van der Waals surface area contributed by atoms with Gasteiger partial charge in [-0.05, 0) is 156 Å². The van der Waals surface area contributed by atoms with Gasteiger partial charge in [0.2, 0.25) is 0 Å². The summed E-state index contributed by atoms with van der Waals surface area (Å²) in [6.07, 6.45) is 4.83. The number of hydrogen-bond acceptors (Lipinski definition) is 1. The van der Waals surface area contributed by atoms with Crippen molar-refractivity contribution in [3.8, 4) is 44.5 Å². The molecule has 0 heterocycles. The van der Waals surface area contributed by atoms with E-state index in [0.717, 1.165) is 11.4 Å². The van der Waals surface area contributed by atoms with Gasteiger partial charge in [-0.2, -0.15) is 0 Å². The van der Waals surface area contributed by atoms with Crippen molar-refractivity contribution in [3.05, 3.63) is 185 Å². The highest BCUT2D eigenvalue weighted by Crippen LogP contribution is 2.55. The van der Waals surface area contributed by atoms with Crippen LogP contribution < -0.4 is 4.90 Å². The minimum absolute atomic E-state index is 0.118. The molecule has 0 spiro atoms. The van der Waals surface area contributed by atoms with Gasteiger partial charge in [0.25, 0.3) is 0 Å². The number of hydrogen-bond donors (Lipinski definition) is 0. The Bertz CT molecular complexity index is 2850. The number of benzene rings is 7. The second-order valence-corrected chi connectivity index (χ2v) is 21.9. The predicted octanol–water partition coefficient (Wildman–Crippen LogP) is 17.2. The third-order valence-corrected chi connectivity index (χ3v) is 15.6. The molecule has 3 aliphatic rings. The Morgan fingerprint density at radius 2 is 0.839 bits per heavy atom. The molecule has 0 aromatic heterocycles. The van der Waals surface area contributed by atoms with Gasteiger partial charge in [0.15, 0.2) is 0 Å². The summed E-state index contributed by atoms with van der Waals surface area (Å²) in [5.74, 6) is 0. The lowest BCUT2D eigenvalue weighted by molar-refractivity contribution is 0.332. The molecule has 0 atom stereocenters. The highest BCUT2D eigenvalue weighted by molar-refractivity contribution is 5.95. The molecule has 10 rings (SSSR count). The second-order valence-electron chi connectivity index (χ2n) is 21.9. The smallest absolute Gasteiger partial charge is 0.0543 e. The van der Waals surface area contributed by atoms with E-state index >= 15 is 0 Å². The van der Waals surface area contributed by atoms with Crippen molar-refractivity contribution in [2.75, 3.05) is 4.90 Å². The average molecular weight is 810 g/mol. The number of fused-ring (bicyclic) bond motifs is 5. The van der Waals surface area contributed by atoms with Crippen LogP contribution in [0.2, 0.25) is 0 Å². The van der Waals surface area contributed by atoms with Crippen molar-refractivity contribution in [1.82, 2.24) is 0 Å². The lowest BCUT2D eigenvalue weighted by Crippen LogP contribution is -2.34. The topological polar surface area (TPSA) is 3.24 Å². The van der Waals surface area contributed by atoms with Crippen LogP contribution in [0.25, 0.3) is 44.5 Å². The summed E-state index contributed by atoms with van der Waals surface area (Å²) >= 11 is 0. The number of para-hydroxylation sites is 1. The van der Waals surface area contributed by atoms with Gasteiger partial charge in [0.1, 0.15) is 0 Å². The van der Waals surface area contributed by atoms with Crippen LogP contribution in [0.4, 0.5) is 17.1 Å². The molecule has 3 aliphatic carbocycles. The zero-order valence-corrected chi connectivity index (χ0v) is 38.7. The summed E-state index contributed by atoms with van der Waals surface area (Å²) in [4.78, 5) is 2.49. The largest absolute Gasteiger partial charge is 0.310 e. The lowest BCUT2D eigenvalue weighted by atomic mass is 9.61. The van der Waals surface area contributed by atoms with Gasteiger partial charge in [0.05, 0.1) is 5.69 Å². The van der Waals surface area contributed by atoms with Gasteiger partial charge in [0, 0.05) is 22.4 Å². The maximum atomic E-state index is 2.50. The Morgan fingerprint density at radius 1 is 0.323 bits per heavy atom. The van der Waals surface area contributed by atoms with E-state index in [4.69, 9.17) is 0 Å². The first-order valence-electron chi connectivity index (χ1n) is 23.1. The van der Waals surface area contributed by atoms with Crippen LogP contribution in [0.1, 0.15) is 128 Å². The van der Waals surface area contributed by atoms with Crippen LogP contribution in [0, 0.1) is 0 Å². The predicted molar refractivity (Wildman–Crippen MR) is 266 cm³/mol. The first-order valence-corrected chi connectivity index (χ1v) is 23.1. The van der Waals surface area contributed by atoms with Crippen LogP contribution in [0.3, 0.4) is 0 Å². The average Bonchev–Trinajstić information content (AvgIpc) is 3.49. The Morgan fingerprint density at radius 3 is 1.53 bits per heavy atom. The highest BCUT2D eigenvalue weighted by atomic mass is 15.1. The van der Waals surface area contributed by atoms with Gasteiger partial charge in [-0.25, -0.2) is 0 Å². The summed E-state index contributed by atoms with van der Waals surface area (Å²) in [6, 6.07) is 58.0. The van der Waals surface area contributed by atoms with E-state index in [1.54, 1.807) is 0 Å². The molecular weight excluding hydrogens is 747 g/mol. The molecular formula is C61H63N. The normalized spacial score (nSPS) is 18.2. The monoisotopic (exact) mass is 809 g/mol. The van der Waals surface area contributed by atoms with Crippen LogP contribution in [0.15, 0.2) is 152 Å². The van der Waals surface area contributed by atoms with Gasteiger partial charge < -0.3 is 4.90 Å². The molecule has 0 amide bonds. The van der Waals surface area contributed by atoms with Gasteiger partial charge in [-0.15, -0.1) is 0 Å². The molecule has 0 N–H and O–H groups in total. The number of anilines is 3. The minimum Gasteiger partial charge on any atom is -0.310 e. The summed E-state index contributed by atoms with van der Waals surface area (Å²) in [6.45, 7) is 24.2. The SMILES string of the molecule is CC1(C)CCC(C)(C)c2cc(-c3ccc(N(c4ccccc4)c4cc5c(cc4-c4ccc(-c6cccc7c6C(C)(C)CCC7(C)C)cc4)-c4ccccc4C5(C)C)cc3)ccc21. The molecule has 0 radical (unpaired) electrons. The molecule has 0 saturated heterocycles. The molecule has 0 saturated carbocycles. The molecule has 0 aliphatic heterocycles. The van der Waals surface area contributed by atoms with Crippen molar-refractivity contribution in [3.63, 3.8) is 0 Å². The third-order valence-electron chi connectivity index (χ3n) is 15.6. The summed E-state index contributed by atoms with van der Waals surface area (Å²) in [5, 5.41) is 0. The molecule has 7 aromatic rings. The third kappa shape index (κ3) is 6.49. The Labute approximate surface area is 371 Å². The summed E-state index contributed by atoms with van der Waals surface area (Å²) in [7, 11) is 0. The zero-order valence-electron chi connectivity index (χ0n) is 38.7. The first kappa shape index (κ1) is 40.4. The fourth-order valence-corrected chi connectivity index (χ4v) is 11.5. The van der Waals surface area contributed by atoms with Crippen molar-refractivity contribution in [2.45, 2.75) is 122 Å². The Hall–Kier alpha value is -5.66. The molecule has 1 nitrogen and oxygen atoms in total.